The molecule has 0 saturated heterocycles. The van der Waals surface area contributed by atoms with Crippen molar-refractivity contribution in [3.05, 3.63) is 89.6 Å². The van der Waals surface area contributed by atoms with Gasteiger partial charge in [0, 0.05) is 22.7 Å². The normalized spacial score (nSPS) is 12.4. The highest BCUT2D eigenvalue weighted by Crippen LogP contribution is 2.36. The number of hydrogen-bond acceptors (Lipinski definition) is 6. The second kappa shape index (κ2) is 8.03. The first-order valence-electron chi connectivity index (χ1n) is 11.3. The van der Waals surface area contributed by atoms with Crippen molar-refractivity contribution >= 4 is 55.0 Å². The molecule has 9 heteroatoms. The second-order valence-electron chi connectivity index (χ2n) is 8.72. The Kier molecular flexibility index (Phi) is 4.90. The summed E-state index contributed by atoms with van der Waals surface area (Å²) >= 11 is 0. The van der Waals surface area contributed by atoms with E-state index in [0.717, 1.165) is 22.0 Å². The lowest BCUT2D eigenvalue weighted by Crippen LogP contribution is -2.08. The Bertz CT molecular complexity index is 1950. The summed E-state index contributed by atoms with van der Waals surface area (Å²) in [6.45, 7) is 3.61. The Morgan fingerprint density at radius 3 is 2.50 bits per heavy atom. The van der Waals surface area contributed by atoms with E-state index in [2.05, 4.69) is 15.1 Å². The van der Waals surface area contributed by atoms with Gasteiger partial charge in [0.25, 0.3) is 0 Å². The lowest BCUT2D eigenvalue weighted by Gasteiger charge is -2.09. The lowest BCUT2D eigenvalue weighted by atomic mass is 10.2. The summed E-state index contributed by atoms with van der Waals surface area (Å²) in [6, 6.07) is 20.4. The van der Waals surface area contributed by atoms with Crippen LogP contribution in [0, 0.1) is 13.8 Å². The highest BCUT2D eigenvalue weighted by molar-refractivity contribution is 7.92. The number of aryl methyl sites for hydroxylation is 2. The molecule has 6 aromatic rings. The number of para-hydroxylation sites is 3. The second-order valence-corrected chi connectivity index (χ2v) is 10.6. The number of aromatic amines is 1. The van der Waals surface area contributed by atoms with Gasteiger partial charge in [0.05, 0.1) is 22.1 Å². The number of fused-ring (bicyclic) bond motifs is 3. The molecule has 8 nitrogen and oxygen atoms in total. The van der Waals surface area contributed by atoms with Crippen LogP contribution in [-0.2, 0) is 9.84 Å². The average molecular weight is 495 g/mol. The Morgan fingerprint density at radius 2 is 1.69 bits per heavy atom. The summed E-state index contributed by atoms with van der Waals surface area (Å²) in [4.78, 5) is 12.7. The van der Waals surface area contributed by atoms with Crippen LogP contribution in [0.3, 0.4) is 0 Å². The van der Waals surface area contributed by atoms with Crippen LogP contribution in [0.25, 0.3) is 33.1 Å². The molecule has 3 heterocycles. The van der Waals surface area contributed by atoms with Gasteiger partial charge in [-0.05, 0) is 49.2 Å². The largest absolute Gasteiger partial charge is 0.382 e. The predicted molar refractivity (Wildman–Crippen MR) is 142 cm³/mol. The van der Waals surface area contributed by atoms with Crippen molar-refractivity contribution in [1.29, 1.82) is 0 Å². The van der Waals surface area contributed by atoms with Crippen LogP contribution in [-0.4, -0.2) is 34.3 Å². The number of nitrogens with two attached hydrogens (primary N) is 1. The Balaban J connectivity index is 1.64. The fourth-order valence-electron chi connectivity index (χ4n) is 4.43. The number of hydrogen-bond donors (Lipinski definition) is 2. The van der Waals surface area contributed by atoms with Crippen LogP contribution in [0.2, 0.25) is 0 Å². The van der Waals surface area contributed by atoms with Gasteiger partial charge in [0.1, 0.15) is 16.2 Å². The summed E-state index contributed by atoms with van der Waals surface area (Å²) in [5.41, 5.74) is 11.4. The molecule has 36 heavy (non-hydrogen) atoms. The quantitative estimate of drug-likeness (QED) is 0.335. The maximum absolute atomic E-state index is 14.0. The van der Waals surface area contributed by atoms with Crippen molar-refractivity contribution in [3.8, 4) is 0 Å². The molecule has 3 aromatic heterocycles. The number of nitrogens with zero attached hydrogens (tertiary/aromatic N) is 4. The molecular formula is C27H22N6O2S. The van der Waals surface area contributed by atoms with E-state index >= 15 is 0 Å². The number of rotatable bonds is 4. The molecule has 0 bridgehead atoms. The molecule has 178 valence electrons. The summed E-state index contributed by atoms with van der Waals surface area (Å²) in [5.74, 6) is -0.0442. The molecule has 3 aromatic carbocycles. The molecule has 0 unspecified atom stereocenters. The van der Waals surface area contributed by atoms with Gasteiger partial charge in [0.15, 0.2) is 5.65 Å². The van der Waals surface area contributed by atoms with Crippen molar-refractivity contribution in [2.75, 3.05) is 5.73 Å². The SMILES string of the molecule is Cc1ccc(C)c(S(=O)(=O)c2c(N)n(/N=C\c3c[nH]c4ccccc34)c3nc4ccccc4nc23)c1. The zero-order chi connectivity index (χ0) is 25.0. The molecule has 0 aliphatic heterocycles. The maximum atomic E-state index is 14.0. The molecule has 0 radical (unpaired) electrons. The van der Waals surface area contributed by atoms with Gasteiger partial charge in [0.2, 0.25) is 9.84 Å². The molecule has 6 rings (SSSR count). The number of H-pyrrole nitrogens is 1. The first kappa shape index (κ1) is 22.0. The summed E-state index contributed by atoms with van der Waals surface area (Å²) < 4.78 is 29.3. The first-order chi connectivity index (χ1) is 17.3. The van der Waals surface area contributed by atoms with Crippen LogP contribution in [0.15, 0.2) is 87.8 Å². The van der Waals surface area contributed by atoms with Crippen molar-refractivity contribution in [3.63, 3.8) is 0 Å². The number of benzene rings is 3. The van der Waals surface area contributed by atoms with Gasteiger partial charge in [-0.25, -0.2) is 18.4 Å². The fraction of sp³-hybridized carbons (Fsp3) is 0.0741. The number of sulfone groups is 1. The van der Waals surface area contributed by atoms with Crippen molar-refractivity contribution < 1.29 is 8.42 Å². The van der Waals surface area contributed by atoms with Gasteiger partial charge in [-0.2, -0.15) is 9.78 Å². The van der Waals surface area contributed by atoms with Gasteiger partial charge in [-0.15, -0.1) is 0 Å². The van der Waals surface area contributed by atoms with Crippen molar-refractivity contribution in [2.24, 2.45) is 5.10 Å². The van der Waals surface area contributed by atoms with E-state index in [4.69, 9.17) is 10.7 Å². The minimum Gasteiger partial charge on any atom is -0.382 e. The minimum absolute atomic E-state index is 0.0442. The van der Waals surface area contributed by atoms with Crippen LogP contribution in [0.1, 0.15) is 16.7 Å². The fourth-order valence-corrected chi connectivity index (χ4v) is 6.24. The average Bonchev–Trinajstić information content (AvgIpc) is 3.40. The van der Waals surface area contributed by atoms with E-state index in [1.807, 2.05) is 61.7 Å². The number of nitrogen functional groups attached to an aromatic ring is 1. The molecule has 0 fully saturated rings. The summed E-state index contributed by atoms with van der Waals surface area (Å²) in [6.07, 6.45) is 3.48. The molecule has 3 N–H and O–H groups in total. The third-order valence-electron chi connectivity index (χ3n) is 6.26. The first-order valence-corrected chi connectivity index (χ1v) is 12.8. The molecule has 0 spiro atoms. The van der Waals surface area contributed by atoms with E-state index in [1.54, 1.807) is 31.3 Å². The van der Waals surface area contributed by atoms with E-state index in [-0.39, 0.29) is 26.8 Å². The summed E-state index contributed by atoms with van der Waals surface area (Å²) in [7, 11) is -4.03. The topological polar surface area (TPSA) is 119 Å². The van der Waals surface area contributed by atoms with Crippen LogP contribution >= 0.6 is 0 Å². The molecule has 0 amide bonds. The number of anilines is 1. The maximum Gasteiger partial charge on any atom is 0.212 e. The van der Waals surface area contributed by atoms with Crippen LogP contribution < -0.4 is 5.73 Å². The number of aromatic nitrogens is 4. The predicted octanol–water partition coefficient (Wildman–Crippen LogP) is 4.98. The highest BCUT2D eigenvalue weighted by Gasteiger charge is 2.31. The number of nitrogens with one attached hydrogen (secondary N) is 1. The van der Waals surface area contributed by atoms with E-state index in [0.29, 0.717) is 16.6 Å². The third-order valence-corrected chi connectivity index (χ3v) is 8.22. The molecular weight excluding hydrogens is 472 g/mol. The molecule has 0 aliphatic carbocycles. The Hall–Kier alpha value is -4.50. The lowest BCUT2D eigenvalue weighted by molar-refractivity contribution is 0.596. The van der Waals surface area contributed by atoms with E-state index < -0.39 is 9.84 Å². The van der Waals surface area contributed by atoms with Crippen molar-refractivity contribution in [2.45, 2.75) is 23.6 Å². The van der Waals surface area contributed by atoms with E-state index in [9.17, 15) is 8.42 Å². The van der Waals surface area contributed by atoms with Gasteiger partial charge >= 0.3 is 0 Å². The van der Waals surface area contributed by atoms with Gasteiger partial charge in [-0.3, -0.25) is 0 Å². The minimum atomic E-state index is -4.03. The van der Waals surface area contributed by atoms with Crippen LogP contribution in [0.5, 0.6) is 0 Å². The summed E-state index contributed by atoms with van der Waals surface area (Å²) in [5, 5.41) is 5.56. The zero-order valence-corrected chi connectivity index (χ0v) is 20.4. The highest BCUT2D eigenvalue weighted by atomic mass is 32.2. The zero-order valence-electron chi connectivity index (χ0n) is 19.6. The van der Waals surface area contributed by atoms with Gasteiger partial charge in [-0.1, -0.05) is 42.5 Å². The van der Waals surface area contributed by atoms with Gasteiger partial charge < -0.3 is 10.7 Å². The molecule has 0 atom stereocenters. The third kappa shape index (κ3) is 3.36. The Morgan fingerprint density at radius 1 is 0.972 bits per heavy atom. The molecule has 0 saturated carbocycles. The smallest absolute Gasteiger partial charge is 0.212 e. The molecule has 0 aliphatic rings. The van der Waals surface area contributed by atoms with Crippen molar-refractivity contribution in [1.82, 2.24) is 19.6 Å². The standard InChI is InChI=1S/C27H22N6O2S/c1-16-11-12-17(2)23(13-16)36(34,35)25-24-27(32-22-10-6-5-9-21(22)31-24)33(26(25)28)30-15-18-14-29-20-8-4-3-7-19(18)20/h3-15,29H,28H2,1-2H3/b30-15-. The monoisotopic (exact) mass is 494 g/mol. The van der Waals surface area contributed by atoms with Crippen LogP contribution in [0.4, 0.5) is 5.82 Å². The van der Waals surface area contributed by atoms with E-state index in [1.165, 1.54) is 4.68 Å². The Labute approximate surface area is 207 Å².